The molecule has 1 spiro atoms. The minimum atomic E-state index is -0.123. The Labute approximate surface area is 179 Å². The summed E-state index contributed by atoms with van der Waals surface area (Å²) in [5, 5.41) is 7.14. The molecule has 2 atom stereocenters. The van der Waals surface area contributed by atoms with Gasteiger partial charge in [-0.25, -0.2) is 0 Å². The van der Waals surface area contributed by atoms with Gasteiger partial charge in [0.2, 0.25) is 0 Å². The Morgan fingerprint density at radius 1 is 1.23 bits per heavy atom. The van der Waals surface area contributed by atoms with Gasteiger partial charge in [0.1, 0.15) is 5.69 Å². The number of piperidine rings is 1. The van der Waals surface area contributed by atoms with Gasteiger partial charge in [0, 0.05) is 32.9 Å². The third-order valence-corrected chi connectivity index (χ3v) is 6.79. The zero-order valence-electron chi connectivity index (χ0n) is 18.2. The van der Waals surface area contributed by atoms with E-state index in [2.05, 4.69) is 52.6 Å². The summed E-state index contributed by atoms with van der Waals surface area (Å²) in [4.78, 5) is 14.8. The van der Waals surface area contributed by atoms with Crippen LogP contribution in [-0.2, 0) is 11.8 Å². The molecule has 2 aliphatic heterocycles. The Balaban J connectivity index is 1.18. The molecule has 3 heterocycles. The number of hydrogen-bond donors (Lipinski definition) is 1. The molecule has 6 nitrogen and oxygen atoms in total. The first kappa shape index (κ1) is 21.1. The number of likely N-dealkylation sites (tertiary alicyclic amines) is 1. The lowest BCUT2D eigenvalue weighted by Crippen LogP contribution is -2.45. The highest BCUT2D eigenvalue weighted by Crippen LogP contribution is 2.39. The molecule has 0 saturated carbocycles. The number of carbonyl (C=O) groups excluding carboxylic acids is 1. The zero-order valence-corrected chi connectivity index (χ0v) is 18.2. The number of aryl methyl sites for hydroxylation is 1. The molecule has 30 heavy (non-hydrogen) atoms. The number of amides is 1. The van der Waals surface area contributed by atoms with E-state index in [0.29, 0.717) is 18.2 Å². The van der Waals surface area contributed by atoms with Gasteiger partial charge in [-0.15, -0.1) is 0 Å². The number of nitrogens with one attached hydrogen (secondary N) is 1. The van der Waals surface area contributed by atoms with E-state index < -0.39 is 0 Å². The lowest BCUT2D eigenvalue weighted by Gasteiger charge is -2.39. The highest BCUT2D eigenvalue weighted by Gasteiger charge is 2.42. The van der Waals surface area contributed by atoms with Crippen molar-refractivity contribution in [3.63, 3.8) is 0 Å². The minimum absolute atomic E-state index is 0.0158. The number of rotatable bonds is 7. The van der Waals surface area contributed by atoms with Crippen molar-refractivity contribution in [2.45, 2.75) is 56.7 Å². The molecule has 2 aliphatic rings. The first-order chi connectivity index (χ1) is 14.5. The molecule has 162 valence electrons. The van der Waals surface area contributed by atoms with Gasteiger partial charge < -0.3 is 15.0 Å². The van der Waals surface area contributed by atoms with Gasteiger partial charge >= 0.3 is 0 Å². The van der Waals surface area contributed by atoms with Crippen LogP contribution in [0, 0.1) is 0 Å². The molecule has 2 saturated heterocycles. The van der Waals surface area contributed by atoms with Crippen LogP contribution in [-0.4, -0.2) is 58.5 Å². The SMILES string of the molecule is CC(CCN1CCC2(CCC(CNC(=O)c3ccn(C)n3)O2)CC1)c1ccccc1. The maximum absolute atomic E-state index is 12.2. The molecular formula is C24H34N4O2. The van der Waals surface area contributed by atoms with E-state index in [-0.39, 0.29) is 17.6 Å². The topological polar surface area (TPSA) is 59.4 Å². The van der Waals surface area contributed by atoms with Gasteiger partial charge in [0.25, 0.3) is 5.91 Å². The van der Waals surface area contributed by atoms with Crippen molar-refractivity contribution in [3.05, 3.63) is 53.9 Å². The second kappa shape index (κ2) is 9.31. The third kappa shape index (κ3) is 5.10. The summed E-state index contributed by atoms with van der Waals surface area (Å²) in [7, 11) is 1.81. The van der Waals surface area contributed by atoms with E-state index in [4.69, 9.17) is 4.74 Å². The van der Waals surface area contributed by atoms with Crippen molar-refractivity contribution in [2.24, 2.45) is 7.05 Å². The van der Waals surface area contributed by atoms with Crippen LogP contribution in [0.3, 0.4) is 0 Å². The van der Waals surface area contributed by atoms with Crippen LogP contribution in [0.15, 0.2) is 42.6 Å². The smallest absolute Gasteiger partial charge is 0.271 e. The lowest BCUT2D eigenvalue weighted by molar-refractivity contribution is -0.0755. The molecule has 1 aromatic heterocycles. The van der Waals surface area contributed by atoms with Gasteiger partial charge in [-0.2, -0.15) is 5.10 Å². The number of benzene rings is 1. The van der Waals surface area contributed by atoms with Crippen LogP contribution in [0.1, 0.15) is 61.0 Å². The van der Waals surface area contributed by atoms with Crippen LogP contribution in [0.5, 0.6) is 0 Å². The van der Waals surface area contributed by atoms with Crippen LogP contribution in [0.4, 0.5) is 0 Å². The van der Waals surface area contributed by atoms with Crippen molar-refractivity contribution < 1.29 is 9.53 Å². The summed E-state index contributed by atoms with van der Waals surface area (Å²) in [6.45, 7) is 6.25. The maximum atomic E-state index is 12.2. The molecule has 2 aromatic rings. The summed E-state index contributed by atoms with van der Waals surface area (Å²) < 4.78 is 8.10. The van der Waals surface area contributed by atoms with Crippen molar-refractivity contribution in [3.8, 4) is 0 Å². The monoisotopic (exact) mass is 410 g/mol. The summed E-state index contributed by atoms with van der Waals surface area (Å²) in [6, 6.07) is 12.5. The molecule has 1 aromatic carbocycles. The number of hydrogen-bond acceptors (Lipinski definition) is 4. The summed E-state index contributed by atoms with van der Waals surface area (Å²) in [5.74, 6) is 0.472. The van der Waals surface area contributed by atoms with Gasteiger partial charge in [0.05, 0.1) is 11.7 Å². The molecule has 0 bridgehead atoms. The van der Waals surface area contributed by atoms with Crippen LogP contribution < -0.4 is 5.32 Å². The average Bonchev–Trinajstić information content (AvgIpc) is 3.39. The van der Waals surface area contributed by atoms with Gasteiger partial charge in [-0.1, -0.05) is 37.3 Å². The molecule has 6 heteroatoms. The van der Waals surface area contributed by atoms with Gasteiger partial charge in [0.15, 0.2) is 0 Å². The van der Waals surface area contributed by atoms with E-state index in [0.717, 1.165) is 45.3 Å². The van der Waals surface area contributed by atoms with Gasteiger partial charge in [-0.05, 0) is 56.2 Å². The molecular weight excluding hydrogens is 376 g/mol. The molecule has 2 fully saturated rings. The number of ether oxygens (including phenoxy) is 1. The average molecular weight is 411 g/mol. The molecule has 1 amide bonds. The van der Waals surface area contributed by atoms with Crippen LogP contribution in [0.25, 0.3) is 0 Å². The number of carbonyl (C=O) groups is 1. The molecule has 4 rings (SSSR count). The van der Waals surface area contributed by atoms with Gasteiger partial charge in [-0.3, -0.25) is 9.48 Å². The van der Waals surface area contributed by atoms with Crippen molar-refractivity contribution in [1.29, 1.82) is 0 Å². The van der Waals surface area contributed by atoms with Crippen molar-refractivity contribution >= 4 is 5.91 Å². The van der Waals surface area contributed by atoms with E-state index >= 15 is 0 Å². The quantitative estimate of drug-likeness (QED) is 0.760. The Hall–Kier alpha value is -2.18. The molecule has 2 unspecified atom stereocenters. The van der Waals surface area contributed by atoms with Crippen LogP contribution >= 0.6 is 0 Å². The predicted molar refractivity (Wildman–Crippen MR) is 118 cm³/mol. The van der Waals surface area contributed by atoms with E-state index in [1.165, 1.54) is 12.0 Å². The van der Waals surface area contributed by atoms with E-state index in [1.807, 2.05) is 7.05 Å². The van der Waals surface area contributed by atoms with E-state index in [1.54, 1.807) is 16.9 Å². The fourth-order valence-corrected chi connectivity index (χ4v) is 4.75. The summed E-state index contributed by atoms with van der Waals surface area (Å²) >= 11 is 0. The highest BCUT2D eigenvalue weighted by molar-refractivity contribution is 5.92. The third-order valence-electron chi connectivity index (χ3n) is 6.79. The first-order valence-corrected chi connectivity index (χ1v) is 11.3. The molecule has 1 N–H and O–H groups in total. The summed E-state index contributed by atoms with van der Waals surface area (Å²) in [6.07, 6.45) is 7.40. The Kier molecular flexibility index (Phi) is 6.54. The molecule has 0 radical (unpaired) electrons. The standard InChI is InChI=1S/C24H34N4O2/c1-19(20-6-4-3-5-7-20)9-15-28-16-12-24(13-17-28)11-8-21(30-24)18-25-23(29)22-10-14-27(2)26-22/h3-7,10,14,19,21H,8-9,11-13,15-18H2,1-2H3,(H,25,29). The van der Waals surface area contributed by atoms with E-state index in [9.17, 15) is 4.79 Å². The second-order valence-electron chi connectivity index (χ2n) is 8.99. The summed E-state index contributed by atoms with van der Waals surface area (Å²) in [5.41, 5.74) is 1.91. The maximum Gasteiger partial charge on any atom is 0.271 e. The Morgan fingerprint density at radius 2 is 2.00 bits per heavy atom. The second-order valence-corrected chi connectivity index (χ2v) is 8.99. The fraction of sp³-hybridized carbons (Fsp3) is 0.583. The van der Waals surface area contributed by atoms with Crippen molar-refractivity contribution in [2.75, 3.05) is 26.2 Å². The fourth-order valence-electron chi connectivity index (χ4n) is 4.75. The lowest BCUT2D eigenvalue weighted by atomic mass is 9.88. The number of aromatic nitrogens is 2. The number of nitrogens with zero attached hydrogens (tertiary/aromatic N) is 3. The van der Waals surface area contributed by atoms with Crippen LogP contribution in [0.2, 0.25) is 0 Å². The zero-order chi connectivity index (χ0) is 21.0. The normalized spacial score (nSPS) is 22.3. The van der Waals surface area contributed by atoms with Crippen molar-refractivity contribution in [1.82, 2.24) is 20.0 Å². The minimum Gasteiger partial charge on any atom is -0.370 e. The molecule has 0 aliphatic carbocycles. The first-order valence-electron chi connectivity index (χ1n) is 11.3. The Morgan fingerprint density at radius 3 is 2.70 bits per heavy atom. The largest absolute Gasteiger partial charge is 0.370 e. The predicted octanol–water partition coefficient (Wildman–Crippen LogP) is 3.36. The Bertz CT molecular complexity index is 827. The highest BCUT2D eigenvalue weighted by atomic mass is 16.5.